The van der Waals surface area contributed by atoms with Crippen LogP contribution >= 0.6 is 0 Å². The van der Waals surface area contributed by atoms with Crippen LogP contribution in [0.1, 0.15) is 36.0 Å². The van der Waals surface area contributed by atoms with Gasteiger partial charge in [0, 0.05) is 24.9 Å². The Labute approximate surface area is 124 Å². The SMILES string of the molecule is O=C(CCC(=O)N1CCCC(O)(CO)C1)c1ccccc1. The minimum atomic E-state index is -1.20. The summed E-state index contributed by atoms with van der Waals surface area (Å²) in [5.41, 5.74) is -0.590. The van der Waals surface area contributed by atoms with Crippen molar-refractivity contribution in [3.05, 3.63) is 35.9 Å². The predicted molar refractivity (Wildman–Crippen MR) is 77.9 cm³/mol. The number of aliphatic hydroxyl groups excluding tert-OH is 1. The van der Waals surface area contributed by atoms with Crippen molar-refractivity contribution in [2.24, 2.45) is 0 Å². The van der Waals surface area contributed by atoms with Crippen LogP contribution in [0.3, 0.4) is 0 Å². The summed E-state index contributed by atoms with van der Waals surface area (Å²) < 4.78 is 0. The van der Waals surface area contributed by atoms with Gasteiger partial charge >= 0.3 is 0 Å². The fraction of sp³-hybridized carbons (Fsp3) is 0.500. The number of rotatable bonds is 5. The summed E-state index contributed by atoms with van der Waals surface area (Å²) in [4.78, 5) is 25.6. The standard InChI is InChI=1S/C16H21NO4/c18-12-16(21)9-4-10-17(11-16)15(20)8-7-14(19)13-5-2-1-3-6-13/h1-3,5-6,18,21H,4,7-12H2. The van der Waals surface area contributed by atoms with E-state index in [1.54, 1.807) is 24.3 Å². The van der Waals surface area contributed by atoms with E-state index < -0.39 is 5.60 Å². The Hall–Kier alpha value is -1.72. The summed E-state index contributed by atoms with van der Waals surface area (Å²) in [6.07, 6.45) is 1.46. The predicted octanol–water partition coefficient (Wildman–Crippen LogP) is 0.995. The Morgan fingerprint density at radius 2 is 1.90 bits per heavy atom. The lowest BCUT2D eigenvalue weighted by atomic mass is 9.93. The second-order valence-corrected chi connectivity index (χ2v) is 5.59. The van der Waals surface area contributed by atoms with Gasteiger partial charge in [-0.05, 0) is 12.8 Å². The van der Waals surface area contributed by atoms with Gasteiger partial charge in [-0.15, -0.1) is 0 Å². The van der Waals surface area contributed by atoms with E-state index in [1.807, 2.05) is 6.07 Å². The Morgan fingerprint density at radius 1 is 1.19 bits per heavy atom. The first-order chi connectivity index (χ1) is 10.0. The van der Waals surface area contributed by atoms with Crippen molar-refractivity contribution in [3.8, 4) is 0 Å². The third-order valence-electron chi connectivity index (χ3n) is 3.86. The van der Waals surface area contributed by atoms with Crippen molar-refractivity contribution in [2.45, 2.75) is 31.3 Å². The molecular formula is C16H21NO4. The van der Waals surface area contributed by atoms with Gasteiger partial charge in [0.25, 0.3) is 0 Å². The summed E-state index contributed by atoms with van der Waals surface area (Å²) in [5.74, 6) is -0.204. The van der Waals surface area contributed by atoms with E-state index in [0.717, 1.165) is 0 Å². The maximum Gasteiger partial charge on any atom is 0.223 e. The molecule has 21 heavy (non-hydrogen) atoms. The molecule has 1 unspecified atom stereocenters. The van der Waals surface area contributed by atoms with Crippen LogP contribution in [0.5, 0.6) is 0 Å². The highest BCUT2D eigenvalue weighted by Crippen LogP contribution is 2.21. The van der Waals surface area contributed by atoms with Crippen LogP contribution < -0.4 is 0 Å². The number of benzene rings is 1. The van der Waals surface area contributed by atoms with E-state index in [9.17, 15) is 19.8 Å². The zero-order chi connectivity index (χ0) is 15.3. The maximum atomic E-state index is 12.1. The molecule has 1 aliphatic heterocycles. The number of likely N-dealkylation sites (tertiary alicyclic amines) is 1. The number of piperidine rings is 1. The lowest BCUT2D eigenvalue weighted by Gasteiger charge is -2.38. The molecule has 0 radical (unpaired) electrons. The maximum absolute atomic E-state index is 12.1. The number of ketones is 1. The number of aliphatic hydroxyl groups is 2. The number of hydrogen-bond acceptors (Lipinski definition) is 4. The molecule has 5 heteroatoms. The fourth-order valence-electron chi connectivity index (χ4n) is 2.60. The van der Waals surface area contributed by atoms with Crippen LogP contribution in [0.2, 0.25) is 0 Å². The zero-order valence-electron chi connectivity index (χ0n) is 12.0. The van der Waals surface area contributed by atoms with Crippen LogP contribution in [-0.4, -0.2) is 52.1 Å². The summed E-state index contributed by atoms with van der Waals surface area (Å²) in [7, 11) is 0. The molecule has 2 rings (SSSR count). The molecule has 2 N–H and O–H groups in total. The van der Waals surface area contributed by atoms with Gasteiger partial charge in [0.15, 0.2) is 5.78 Å². The molecule has 1 amide bonds. The molecule has 0 aliphatic carbocycles. The number of amides is 1. The topological polar surface area (TPSA) is 77.8 Å². The number of carbonyl (C=O) groups is 2. The first-order valence-electron chi connectivity index (χ1n) is 7.23. The van der Waals surface area contributed by atoms with Crippen molar-refractivity contribution < 1.29 is 19.8 Å². The van der Waals surface area contributed by atoms with Gasteiger partial charge in [0.2, 0.25) is 5.91 Å². The molecule has 0 bridgehead atoms. The van der Waals surface area contributed by atoms with Crippen LogP contribution in [0.25, 0.3) is 0 Å². The molecule has 114 valence electrons. The number of hydrogen-bond donors (Lipinski definition) is 2. The van der Waals surface area contributed by atoms with Crippen molar-refractivity contribution in [1.82, 2.24) is 4.90 Å². The number of carbonyl (C=O) groups excluding carboxylic acids is 2. The molecule has 1 fully saturated rings. The Balaban J connectivity index is 1.86. The molecule has 5 nitrogen and oxygen atoms in total. The largest absolute Gasteiger partial charge is 0.393 e. The summed E-state index contributed by atoms with van der Waals surface area (Å²) in [5, 5.41) is 19.2. The second kappa shape index (κ2) is 6.83. The highest BCUT2D eigenvalue weighted by Gasteiger charge is 2.34. The van der Waals surface area contributed by atoms with Crippen LogP contribution in [0.15, 0.2) is 30.3 Å². The average molecular weight is 291 g/mol. The van der Waals surface area contributed by atoms with Gasteiger partial charge < -0.3 is 15.1 Å². The fourth-order valence-corrected chi connectivity index (χ4v) is 2.60. The quantitative estimate of drug-likeness (QED) is 0.793. The molecule has 1 aromatic rings. The van der Waals surface area contributed by atoms with E-state index in [0.29, 0.717) is 24.9 Å². The molecule has 0 saturated carbocycles. The smallest absolute Gasteiger partial charge is 0.223 e. The summed E-state index contributed by atoms with van der Waals surface area (Å²) >= 11 is 0. The highest BCUT2D eigenvalue weighted by atomic mass is 16.3. The van der Waals surface area contributed by atoms with Crippen LogP contribution in [0, 0.1) is 0 Å². The second-order valence-electron chi connectivity index (χ2n) is 5.59. The molecule has 1 heterocycles. The van der Waals surface area contributed by atoms with Gasteiger partial charge in [-0.25, -0.2) is 0 Å². The van der Waals surface area contributed by atoms with Crippen LogP contribution in [0.4, 0.5) is 0 Å². The molecule has 1 aromatic carbocycles. The van der Waals surface area contributed by atoms with Crippen molar-refractivity contribution in [2.75, 3.05) is 19.7 Å². The average Bonchev–Trinajstić information content (AvgIpc) is 2.53. The monoisotopic (exact) mass is 291 g/mol. The zero-order valence-corrected chi connectivity index (χ0v) is 12.0. The van der Waals surface area contributed by atoms with Crippen molar-refractivity contribution >= 4 is 11.7 Å². The Morgan fingerprint density at radius 3 is 2.57 bits per heavy atom. The molecular weight excluding hydrogens is 270 g/mol. The molecule has 0 aromatic heterocycles. The summed E-state index contributed by atoms with van der Waals surface area (Å²) in [6.45, 7) is 0.363. The molecule has 1 atom stereocenters. The van der Waals surface area contributed by atoms with Gasteiger partial charge in [0.05, 0.1) is 13.2 Å². The molecule has 1 aliphatic rings. The minimum absolute atomic E-state index is 0.0571. The Kier molecular flexibility index (Phi) is 5.09. The third kappa shape index (κ3) is 4.12. The van der Waals surface area contributed by atoms with Gasteiger partial charge in [0.1, 0.15) is 5.60 Å². The highest BCUT2D eigenvalue weighted by molar-refractivity contribution is 5.97. The first kappa shape index (κ1) is 15.7. The Bertz CT molecular complexity index is 502. The van der Waals surface area contributed by atoms with Gasteiger partial charge in [-0.3, -0.25) is 9.59 Å². The third-order valence-corrected chi connectivity index (χ3v) is 3.86. The minimum Gasteiger partial charge on any atom is -0.393 e. The molecule has 0 spiro atoms. The lowest BCUT2D eigenvalue weighted by Crippen LogP contribution is -2.52. The van der Waals surface area contributed by atoms with Crippen molar-refractivity contribution in [3.63, 3.8) is 0 Å². The lowest BCUT2D eigenvalue weighted by molar-refractivity contribution is -0.140. The van der Waals surface area contributed by atoms with Gasteiger partial charge in [-0.1, -0.05) is 30.3 Å². The van der Waals surface area contributed by atoms with E-state index >= 15 is 0 Å². The van der Waals surface area contributed by atoms with E-state index in [1.165, 1.54) is 4.90 Å². The van der Waals surface area contributed by atoms with Crippen molar-refractivity contribution in [1.29, 1.82) is 0 Å². The van der Waals surface area contributed by atoms with E-state index in [4.69, 9.17) is 0 Å². The van der Waals surface area contributed by atoms with Crippen LogP contribution in [-0.2, 0) is 4.79 Å². The first-order valence-corrected chi connectivity index (χ1v) is 7.23. The molecule has 1 saturated heterocycles. The number of β-amino-alcohol motifs (C(OH)–C–C–N with tert-alkyl or cyclic N) is 1. The van der Waals surface area contributed by atoms with Gasteiger partial charge in [-0.2, -0.15) is 0 Å². The number of Topliss-reactive ketones (excluding diaryl/α,β-unsaturated/α-hetero) is 1. The van der Waals surface area contributed by atoms with E-state index in [2.05, 4.69) is 0 Å². The summed E-state index contributed by atoms with van der Waals surface area (Å²) in [6, 6.07) is 8.89. The van der Waals surface area contributed by atoms with E-state index in [-0.39, 0.29) is 37.7 Å². The normalized spacial score (nSPS) is 22.1. The number of nitrogens with zero attached hydrogens (tertiary/aromatic N) is 1.